The van der Waals surface area contributed by atoms with Crippen molar-refractivity contribution in [3.8, 4) is 0 Å². The number of hydrazine groups is 1. The van der Waals surface area contributed by atoms with E-state index in [0.29, 0.717) is 6.04 Å². The van der Waals surface area contributed by atoms with E-state index in [-0.39, 0.29) is 0 Å². The average Bonchev–Trinajstić information content (AvgIpc) is 2.56. The number of hydrogen-bond donors (Lipinski definition) is 2. The van der Waals surface area contributed by atoms with Gasteiger partial charge in [0.25, 0.3) is 0 Å². The van der Waals surface area contributed by atoms with Crippen LogP contribution in [0.1, 0.15) is 20.3 Å². The predicted octanol–water partition coefficient (Wildman–Crippen LogP) is 0.736. The fourth-order valence-electron chi connectivity index (χ4n) is 1.06. The second-order valence-corrected chi connectivity index (χ2v) is 2.71. The van der Waals surface area contributed by atoms with Gasteiger partial charge in [-0.25, -0.2) is 0 Å². The molecule has 0 saturated carbocycles. The Hall–Kier alpha value is -0.380. The number of nitrogens with zero attached hydrogens (tertiary/aromatic N) is 1. The van der Waals surface area contributed by atoms with Gasteiger partial charge in [-0.2, -0.15) is 0 Å². The Bertz CT molecular complexity index is 121. The van der Waals surface area contributed by atoms with Crippen LogP contribution in [0.15, 0.2) is 12.2 Å². The van der Waals surface area contributed by atoms with Crippen LogP contribution < -0.4 is 11.2 Å². The quantitative estimate of drug-likeness (QED) is 0.374. The molecule has 1 aliphatic rings. The summed E-state index contributed by atoms with van der Waals surface area (Å²) in [5.41, 5.74) is 0. The summed E-state index contributed by atoms with van der Waals surface area (Å²) in [5, 5.41) is 5.03. The molecule has 0 aliphatic carbocycles. The van der Waals surface area contributed by atoms with E-state index in [4.69, 9.17) is 5.84 Å². The zero-order valence-corrected chi connectivity index (χ0v) is 8.38. The fraction of sp³-hybridized carbons (Fsp3) is 0.778. The summed E-state index contributed by atoms with van der Waals surface area (Å²) in [6, 6.07) is 0.547. The molecule has 0 radical (unpaired) electrons. The first-order valence-corrected chi connectivity index (χ1v) is 4.65. The van der Waals surface area contributed by atoms with Gasteiger partial charge in [0.05, 0.1) is 0 Å². The number of rotatable bonds is 3. The van der Waals surface area contributed by atoms with Crippen LogP contribution in [0.5, 0.6) is 0 Å². The van der Waals surface area contributed by atoms with Gasteiger partial charge in [0.1, 0.15) is 0 Å². The Morgan fingerprint density at radius 2 is 2.25 bits per heavy atom. The predicted molar refractivity (Wildman–Crippen MR) is 53.7 cm³/mol. The Morgan fingerprint density at radius 1 is 1.58 bits per heavy atom. The first-order valence-electron chi connectivity index (χ1n) is 4.65. The second-order valence-electron chi connectivity index (χ2n) is 2.71. The first-order chi connectivity index (χ1) is 5.79. The molecule has 1 aliphatic heterocycles. The third kappa shape index (κ3) is 5.29. The molecule has 1 rings (SSSR count). The third-order valence-corrected chi connectivity index (χ3v) is 1.66. The van der Waals surface area contributed by atoms with Gasteiger partial charge < -0.3 is 5.32 Å². The van der Waals surface area contributed by atoms with Crippen LogP contribution in [0.3, 0.4) is 0 Å². The van der Waals surface area contributed by atoms with E-state index >= 15 is 0 Å². The summed E-state index contributed by atoms with van der Waals surface area (Å²) in [7, 11) is 1.89. The normalized spacial score (nSPS) is 20.9. The summed E-state index contributed by atoms with van der Waals surface area (Å²) in [6.45, 7) is 5.96. The van der Waals surface area contributed by atoms with Crippen LogP contribution in [0, 0.1) is 0 Å². The number of hydrogen-bond acceptors (Lipinski definition) is 3. The second kappa shape index (κ2) is 7.28. The summed E-state index contributed by atoms with van der Waals surface area (Å²) in [5.74, 6) is 5.45. The molecule has 0 saturated heterocycles. The first kappa shape index (κ1) is 11.6. The van der Waals surface area contributed by atoms with Crippen molar-refractivity contribution >= 4 is 0 Å². The molecule has 0 aromatic rings. The summed E-state index contributed by atoms with van der Waals surface area (Å²) in [4.78, 5) is 0. The Morgan fingerprint density at radius 3 is 2.67 bits per heavy atom. The summed E-state index contributed by atoms with van der Waals surface area (Å²) in [6.07, 6.45) is 5.45. The highest BCUT2D eigenvalue weighted by molar-refractivity contribution is 5.01. The molecule has 1 unspecified atom stereocenters. The van der Waals surface area contributed by atoms with Gasteiger partial charge in [0.2, 0.25) is 0 Å². The zero-order valence-electron chi connectivity index (χ0n) is 8.38. The van der Waals surface area contributed by atoms with Crippen LogP contribution in [-0.2, 0) is 0 Å². The Kier molecular flexibility index (Phi) is 7.05. The summed E-state index contributed by atoms with van der Waals surface area (Å²) >= 11 is 0. The van der Waals surface area contributed by atoms with Crippen molar-refractivity contribution in [2.24, 2.45) is 5.84 Å². The molecular weight excluding hydrogens is 150 g/mol. The maximum absolute atomic E-state index is 5.45. The largest absolute Gasteiger partial charge is 0.307 e. The number of nitrogens with two attached hydrogens (primary N) is 1. The lowest BCUT2D eigenvalue weighted by Crippen LogP contribution is -2.32. The number of nitrogens with one attached hydrogen (secondary N) is 1. The van der Waals surface area contributed by atoms with Gasteiger partial charge in [-0.15, -0.1) is 0 Å². The molecule has 0 bridgehead atoms. The van der Waals surface area contributed by atoms with Crippen LogP contribution in [-0.4, -0.2) is 31.2 Å². The zero-order chi connectivity index (χ0) is 9.40. The lowest BCUT2D eigenvalue weighted by atomic mass is 10.2. The van der Waals surface area contributed by atoms with Crippen molar-refractivity contribution in [1.29, 1.82) is 0 Å². The van der Waals surface area contributed by atoms with E-state index in [2.05, 4.69) is 17.5 Å². The van der Waals surface area contributed by atoms with Gasteiger partial charge in [-0.1, -0.05) is 26.0 Å². The van der Waals surface area contributed by atoms with E-state index in [1.165, 1.54) is 0 Å². The van der Waals surface area contributed by atoms with E-state index in [1.54, 1.807) is 5.01 Å². The van der Waals surface area contributed by atoms with E-state index in [9.17, 15) is 0 Å². The minimum absolute atomic E-state index is 0.547. The van der Waals surface area contributed by atoms with Crippen LogP contribution in [0.4, 0.5) is 0 Å². The van der Waals surface area contributed by atoms with Crippen molar-refractivity contribution in [2.45, 2.75) is 26.3 Å². The molecule has 1 atom stereocenters. The average molecular weight is 171 g/mol. The van der Waals surface area contributed by atoms with E-state index in [1.807, 2.05) is 20.9 Å². The smallest absolute Gasteiger partial charge is 0.0266 e. The van der Waals surface area contributed by atoms with Crippen molar-refractivity contribution < 1.29 is 0 Å². The SMILES string of the molecule is CC.CN(N)CCC1C=CCN1. The van der Waals surface area contributed by atoms with Gasteiger partial charge in [0.15, 0.2) is 0 Å². The Labute approximate surface area is 75.6 Å². The molecule has 0 aromatic carbocycles. The lowest BCUT2D eigenvalue weighted by molar-refractivity contribution is 0.332. The van der Waals surface area contributed by atoms with E-state index in [0.717, 1.165) is 19.5 Å². The van der Waals surface area contributed by atoms with Crippen molar-refractivity contribution in [2.75, 3.05) is 20.1 Å². The molecule has 3 nitrogen and oxygen atoms in total. The molecule has 0 amide bonds. The highest BCUT2D eigenvalue weighted by Gasteiger charge is 2.06. The van der Waals surface area contributed by atoms with Crippen LogP contribution >= 0.6 is 0 Å². The van der Waals surface area contributed by atoms with Crippen LogP contribution in [0.2, 0.25) is 0 Å². The maximum atomic E-state index is 5.45. The molecule has 0 spiro atoms. The van der Waals surface area contributed by atoms with Crippen molar-refractivity contribution in [3.05, 3.63) is 12.2 Å². The van der Waals surface area contributed by atoms with Crippen molar-refractivity contribution in [3.63, 3.8) is 0 Å². The third-order valence-electron chi connectivity index (χ3n) is 1.66. The highest BCUT2D eigenvalue weighted by atomic mass is 15.4. The van der Waals surface area contributed by atoms with Gasteiger partial charge in [-0.05, 0) is 6.42 Å². The molecule has 72 valence electrons. The molecule has 0 aromatic heterocycles. The van der Waals surface area contributed by atoms with Crippen LogP contribution in [0.25, 0.3) is 0 Å². The minimum atomic E-state index is 0.547. The standard InChI is InChI=1S/C7H15N3.C2H6/c1-10(8)6-4-7-3-2-5-9-7;1-2/h2-3,7,9H,4-6,8H2,1H3;1-2H3. The molecule has 3 N–H and O–H groups in total. The molecular formula is C9H21N3. The van der Waals surface area contributed by atoms with E-state index < -0.39 is 0 Å². The van der Waals surface area contributed by atoms with Crippen molar-refractivity contribution in [1.82, 2.24) is 10.3 Å². The lowest BCUT2D eigenvalue weighted by Gasteiger charge is -2.12. The Balaban J connectivity index is 0.000000561. The summed E-state index contributed by atoms with van der Waals surface area (Å²) < 4.78 is 0. The van der Waals surface area contributed by atoms with Gasteiger partial charge in [0, 0.05) is 26.2 Å². The van der Waals surface area contributed by atoms with Gasteiger partial charge in [-0.3, -0.25) is 10.9 Å². The highest BCUT2D eigenvalue weighted by Crippen LogP contribution is 1.99. The molecule has 12 heavy (non-hydrogen) atoms. The maximum Gasteiger partial charge on any atom is 0.0266 e. The minimum Gasteiger partial charge on any atom is -0.307 e. The topological polar surface area (TPSA) is 41.3 Å². The molecule has 0 fully saturated rings. The monoisotopic (exact) mass is 171 g/mol. The molecule has 3 heteroatoms. The van der Waals surface area contributed by atoms with Gasteiger partial charge >= 0.3 is 0 Å². The fourth-order valence-corrected chi connectivity index (χ4v) is 1.06. The molecule has 1 heterocycles.